The van der Waals surface area contributed by atoms with Crippen LogP contribution < -0.4 is 39.7 Å². The summed E-state index contributed by atoms with van der Waals surface area (Å²) in [6.07, 6.45) is 1.27. The first kappa shape index (κ1) is 45.9. The predicted molar refractivity (Wildman–Crippen MR) is 236 cm³/mol. The number of ketones is 2. The molecule has 0 aliphatic carbocycles. The molecule has 0 radical (unpaired) electrons. The number of carbonyl (C=O) groups excluding carboxylic acids is 4. The second-order valence-corrected chi connectivity index (χ2v) is 15.4. The number of guanidine groups is 2. The van der Waals surface area contributed by atoms with Gasteiger partial charge in [-0.3, -0.25) is 29.2 Å². The number of hydrogen-bond acceptors (Lipinski definition) is 7. The molecule has 0 bridgehead atoms. The third-order valence-corrected chi connectivity index (χ3v) is 10.5. The Morgan fingerprint density at radius 2 is 0.932 bits per heavy atom. The fourth-order valence-corrected chi connectivity index (χ4v) is 6.88. The lowest BCUT2D eigenvalue weighted by molar-refractivity contribution is -0.134. The van der Waals surface area contributed by atoms with Crippen LogP contribution >= 0.6 is 23.2 Å². The van der Waals surface area contributed by atoms with Gasteiger partial charge in [0.15, 0.2) is 23.5 Å². The number of nitrogens with two attached hydrogens (primary N) is 6. The number of hydrogen-bond donors (Lipinski definition) is 7. The summed E-state index contributed by atoms with van der Waals surface area (Å²) in [6, 6.07) is 28.2. The van der Waals surface area contributed by atoms with Gasteiger partial charge in [0.1, 0.15) is 0 Å². The largest absolute Gasteiger partial charge is 0.370 e. The van der Waals surface area contributed by atoms with Gasteiger partial charge in [-0.1, -0.05) is 96.0 Å². The lowest BCUT2D eigenvalue weighted by Crippen LogP contribution is -2.47. The lowest BCUT2D eigenvalue weighted by Gasteiger charge is -2.24. The highest BCUT2D eigenvalue weighted by Crippen LogP contribution is 2.25. The first-order valence-corrected chi connectivity index (χ1v) is 20.1. The summed E-state index contributed by atoms with van der Waals surface area (Å²) >= 11 is 12.1. The van der Waals surface area contributed by atoms with Crippen molar-refractivity contribution in [3.05, 3.63) is 118 Å². The van der Waals surface area contributed by atoms with Crippen molar-refractivity contribution < 1.29 is 19.2 Å². The molecule has 4 aromatic rings. The van der Waals surface area contributed by atoms with E-state index in [9.17, 15) is 19.2 Å². The molecule has 0 heterocycles. The van der Waals surface area contributed by atoms with E-state index in [2.05, 4.69) is 15.3 Å². The van der Waals surface area contributed by atoms with Gasteiger partial charge in [0.2, 0.25) is 11.8 Å². The summed E-state index contributed by atoms with van der Waals surface area (Å²) in [7, 11) is 0. The highest BCUT2D eigenvalue weighted by atomic mass is 35.5. The van der Waals surface area contributed by atoms with E-state index in [1.165, 1.54) is 0 Å². The number of Topliss-reactive ketones (excluding diaryl/α,β-unsaturated/α-hetero) is 2. The summed E-state index contributed by atoms with van der Waals surface area (Å²) in [5.41, 5.74) is 39.5. The summed E-state index contributed by atoms with van der Waals surface area (Å²) in [6.45, 7) is 0.488. The highest BCUT2D eigenvalue weighted by Gasteiger charge is 2.31. The minimum Gasteiger partial charge on any atom is -0.370 e. The van der Waals surface area contributed by atoms with Gasteiger partial charge < -0.3 is 39.7 Å². The van der Waals surface area contributed by atoms with Crippen molar-refractivity contribution in [2.75, 3.05) is 13.1 Å². The third-order valence-electron chi connectivity index (χ3n) is 9.96. The SMILES string of the molecule is NC(=O)[C@H](CCCN=C(N)N)CC(=O)[C@H](Cc1ccc(-c2ccc(Cl)cc2)cc1)NC(=O)[C@@H](CCCN=C(N)N)CC(=O)[C@@H](N)Cc1ccc(-c2ccc(Cl)cc2)cc1. The van der Waals surface area contributed by atoms with Gasteiger partial charge in [-0.15, -0.1) is 0 Å². The number of halogens is 2. The fraction of sp³-hybridized carbons (Fsp3) is 0.318. The standard InChI is InChI=1S/C44H53Cl2N9O4/c45-35-17-13-31(14-18-35)29-9-5-27(6-10-29)23-37(47)39(56)26-34(4-2-22-54-44(51)52)42(59)55-38(40(57)25-33(41(48)58)3-1-21-53-43(49)50)24-28-7-11-30(12-8-28)32-15-19-36(46)20-16-32/h5-20,33-34,37-38H,1-4,21-26,47H2,(H2,48,58)(H,55,59)(H4,49,50,53)(H4,51,52,54)/t33-,34+,37+,38+/m1/s1. The molecule has 2 amide bonds. The van der Waals surface area contributed by atoms with Crippen LogP contribution in [0.25, 0.3) is 22.3 Å². The van der Waals surface area contributed by atoms with E-state index in [0.29, 0.717) is 22.9 Å². The lowest BCUT2D eigenvalue weighted by atomic mass is 9.89. The van der Waals surface area contributed by atoms with Crippen LogP contribution in [0.4, 0.5) is 0 Å². The molecule has 15 heteroatoms. The Morgan fingerprint density at radius 1 is 0.542 bits per heavy atom. The minimum absolute atomic E-state index is 0.0854. The topological polar surface area (TPSA) is 261 Å². The van der Waals surface area contributed by atoms with Crippen LogP contribution in [0.1, 0.15) is 49.7 Å². The molecule has 0 saturated carbocycles. The van der Waals surface area contributed by atoms with Gasteiger partial charge in [-0.25, -0.2) is 0 Å². The number of amides is 2. The number of rotatable bonds is 23. The molecule has 0 aliphatic rings. The summed E-state index contributed by atoms with van der Waals surface area (Å²) in [5.74, 6) is -3.74. The highest BCUT2D eigenvalue weighted by molar-refractivity contribution is 6.31. The molecule has 0 saturated heterocycles. The van der Waals surface area contributed by atoms with Crippen molar-refractivity contribution in [3.8, 4) is 22.3 Å². The molecular weight excluding hydrogens is 789 g/mol. The zero-order chi connectivity index (χ0) is 42.9. The van der Waals surface area contributed by atoms with E-state index in [4.69, 9.17) is 57.6 Å². The predicted octanol–water partition coefficient (Wildman–Crippen LogP) is 4.67. The van der Waals surface area contributed by atoms with E-state index in [-0.39, 0.29) is 69.3 Å². The first-order chi connectivity index (χ1) is 28.2. The normalized spacial score (nSPS) is 13.0. The van der Waals surface area contributed by atoms with E-state index < -0.39 is 41.5 Å². The Morgan fingerprint density at radius 3 is 1.36 bits per heavy atom. The minimum atomic E-state index is -1.05. The first-order valence-electron chi connectivity index (χ1n) is 19.4. The van der Waals surface area contributed by atoms with Gasteiger partial charge in [-0.2, -0.15) is 0 Å². The van der Waals surface area contributed by atoms with Crippen LogP contribution in [0.5, 0.6) is 0 Å². The number of aliphatic imine (C=N–C) groups is 2. The molecule has 312 valence electrons. The Labute approximate surface area is 355 Å². The van der Waals surface area contributed by atoms with Crippen LogP contribution in [0.15, 0.2) is 107 Å². The zero-order valence-electron chi connectivity index (χ0n) is 32.9. The molecule has 0 unspecified atom stereocenters. The van der Waals surface area contributed by atoms with E-state index in [1.807, 2.05) is 84.9 Å². The van der Waals surface area contributed by atoms with Crippen molar-refractivity contribution in [2.45, 2.75) is 63.5 Å². The Kier molecular flexibility index (Phi) is 17.9. The second kappa shape index (κ2) is 23.0. The second-order valence-electron chi connectivity index (χ2n) is 14.5. The van der Waals surface area contributed by atoms with Crippen molar-refractivity contribution in [1.29, 1.82) is 0 Å². The maximum Gasteiger partial charge on any atom is 0.224 e. The average molecular weight is 843 g/mol. The molecule has 0 aliphatic heterocycles. The fourth-order valence-electron chi connectivity index (χ4n) is 6.63. The van der Waals surface area contributed by atoms with Crippen LogP contribution in [0.2, 0.25) is 10.0 Å². The number of benzene rings is 4. The van der Waals surface area contributed by atoms with Gasteiger partial charge >= 0.3 is 0 Å². The third kappa shape index (κ3) is 15.5. The molecule has 0 aromatic heterocycles. The monoisotopic (exact) mass is 841 g/mol. The van der Waals surface area contributed by atoms with Gasteiger partial charge in [0.05, 0.1) is 12.1 Å². The average Bonchev–Trinajstić information content (AvgIpc) is 3.20. The molecule has 0 fully saturated rings. The van der Waals surface area contributed by atoms with E-state index in [1.54, 1.807) is 12.1 Å². The van der Waals surface area contributed by atoms with Crippen LogP contribution in [-0.2, 0) is 32.0 Å². The van der Waals surface area contributed by atoms with Gasteiger partial charge in [0, 0.05) is 47.8 Å². The molecule has 4 atom stereocenters. The van der Waals surface area contributed by atoms with E-state index >= 15 is 0 Å². The number of nitrogens with one attached hydrogen (secondary N) is 1. The van der Waals surface area contributed by atoms with Crippen molar-refractivity contribution >= 4 is 58.5 Å². The number of primary amides is 1. The maximum absolute atomic E-state index is 14.2. The summed E-state index contributed by atoms with van der Waals surface area (Å²) in [5, 5.41) is 4.18. The van der Waals surface area contributed by atoms with E-state index in [0.717, 1.165) is 33.4 Å². The molecule has 4 rings (SSSR count). The Balaban J connectivity index is 1.53. The molecule has 59 heavy (non-hydrogen) atoms. The van der Waals surface area contributed by atoms with Crippen molar-refractivity contribution in [3.63, 3.8) is 0 Å². The molecule has 0 spiro atoms. The molecule has 13 nitrogen and oxygen atoms in total. The van der Waals surface area contributed by atoms with Crippen LogP contribution in [0, 0.1) is 11.8 Å². The quantitative estimate of drug-likeness (QED) is 0.0311. The van der Waals surface area contributed by atoms with Crippen LogP contribution in [0.3, 0.4) is 0 Å². The number of nitrogens with zero attached hydrogens (tertiary/aromatic N) is 2. The van der Waals surface area contributed by atoms with Crippen molar-refractivity contribution in [1.82, 2.24) is 5.32 Å². The van der Waals surface area contributed by atoms with Gasteiger partial charge in [0.25, 0.3) is 0 Å². The molecular formula is C44H53Cl2N9O4. The van der Waals surface area contributed by atoms with Crippen molar-refractivity contribution in [2.24, 2.45) is 56.2 Å². The Hall–Kier alpha value is -5.76. The van der Waals surface area contributed by atoms with Crippen LogP contribution in [-0.4, -0.2) is 60.5 Å². The van der Waals surface area contributed by atoms with Gasteiger partial charge in [-0.05, 0) is 96.2 Å². The Bertz CT molecular complexity index is 2070. The molecule has 4 aromatic carbocycles. The molecule has 13 N–H and O–H groups in total. The zero-order valence-corrected chi connectivity index (χ0v) is 34.4. The maximum atomic E-state index is 14.2. The summed E-state index contributed by atoms with van der Waals surface area (Å²) < 4.78 is 0. The number of carbonyl (C=O) groups is 4. The smallest absolute Gasteiger partial charge is 0.224 e. The summed E-state index contributed by atoms with van der Waals surface area (Å²) in [4.78, 5) is 62.3.